The SMILES string of the molecule is CC1(C)CC(C)(C)c2nccnc21. The van der Waals surface area contributed by atoms with Gasteiger partial charge in [-0.15, -0.1) is 0 Å². The van der Waals surface area contributed by atoms with Gasteiger partial charge in [0.1, 0.15) is 0 Å². The lowest BCUT2D eigenvalue weighted by atomic mass is 9.83. The van der Waals surface area contributed by atoms with Crippen LogP contribution in [0, 0.1) is 0 Å². The van der Waals surface area contributed by atoms with Gasteiger partial charge in [0.25, 0.3) is 0 Å². The van der Waals surface area contributed by atoms with Gasteiger partial charge in [0, 0.05) is 23.2 Å². The summed E-state index contributed by atoms with van der Waals surface area (Å²) in [4.78, 5) is 8.89. The summed E-state index contributed by atoms with van der Waals surface area (Å²) < 4.78 is 0. The summed E-state index contributed by atoms with van der Waals surface area (Å²) >= 11 is 0. The summed E-state index contributed by atoms with van der Waals surface area (Å²) in [5.74, 6) is 0. The molecule has 13 heavy (non-hydrogen) atoms. The molecule has 1 aliphatic rings. The molecule has 0 aromatic carbocycles. The van der Waals surface area contributed by atoms with E-state index < -0.39 is 0 Å². The first-order valence-electron chi connectivity index (χ1n) is 4.75. The van der Waals surface area contributed by atoms with Crippen LogP contribution in [0.3, 0.4) is 0 Å². The number of rotatable bonds is 0. The van der Waals surface area contributed by atoms with E-state index in [0.29, 0.717) is 0 Å². The van der Waals surface area contributed by atoms with Crippen LogP contribution in [0.4, 0.5) is 0 Å². The van der Waals surface area contributed by atoms with Crippen molar-refractivity contribution in [2.45, 2.75) is 44.9 Å². The van der Waals surface area contributed by atoms with Gasteiger partial charge in [0.2, 0.25) is 0 Å². The fourth-order valence-corrected chi connectivity index (χ4v) is 2.60. The lowest BCUT2D eigenvalue weighted by Gasteiger charge is -2.21. The highest BCUT2D eigenvalue weighted by Crippen LogP contribution is 2.46. The van der Waals surface area contributed by atoms with E-state index in [-0.39, 0.29) is 10.8 Å². The second-order valence-electron chi connectivity index (χ2n) is 5.20. The van der Waals surface area contributed by atoms with Crippen LogP contribution in [0.1, 0.15) is 45.5 Å². The van der Waals surface area contributed by atoms with Crippen molar-refractivity contribution >= 4 is 0 Å². The first kappa shape index (κ1) is 8.67. The van der Waals surface area contributed by atoms with E-state index in [2.05, 4.69) is 37.7 Å². The molecule has 0 radical (unpaired) electrons. The van der Waals surface area contributed by atoms with Crippen LogP contribution in [-0.4, -0.2) is 9.97 Å². The molecule has 0 atom stereocenters. The van der Waals surface area contributed by atoms with Gasteiger partial charge in [-0.2, -0.15) is 0 Å². The van der Waals surface area contributed by atoms with Crippen molar-refractivity contribution in [3.63, 3.8) is 0 Å². The molecule has 0 fully saturated rings. The van der Waals surface area contributed by atoms with Crippen LogP contribution >= 0.6 is 0 Å². The highest BCUT2D eigenvalue weighted by atomic mass is 14.9. The van der Waals surface area contributed by atoms with Crippen LogP contribution in [0.15, 0.2) is 12.4 Å². The lowest BCUT2D eigenvalue weighted by molar-refractivity contribution is 0.396. The molecule has 1 aliphatic carbocycles. The van der Waals surface area contributed by atoms with Crippen molar-refractivity contribution < 1.29 is 0 Å². The lowest BCUT2D eigenvalue weighted by Crippen LogP contribution is -2.18. The average Bonchev–Trinajstić information content (AvgIpc) is 2.20. The van der Waals surface area contributed by atoms with Crippen molar-refractivity contribution in [3.8, 4) is 0 Å². The zero-order valence-electron chi connectivity index (χ0n) is 8.76. The van der Waals surface area contributed by atoms with Gasteiger partial charge in [0.15, 0.2) is 0 Å². The van der Waals surface area contributed by atoms with Crippen LogP contribution in [0.5, 0.6) is 0 Å². The van der Waals surface area contributed by atoms with Gasteiger partial charge in [0.05, 0.1) is 11.4 Å². The molecule has 2 heteroatoms. The number of hydrogen-bond donors (Lipinski definition) is 0. The second kappa shape index (κ2) is 2.31. The van der Waals surface area contributed by atoms with Crippen LogP contribution in [0.25, 0.3) is 0 Å². The Morgan fingerprint density at radius 3 is 1.69 bits per heavy atom. The molecule has 0 spiro atoms. The van der Waals surface area contributed by atoms with Crippen molar-refractivity contribution in [2.75, 3.05) is 0 Å². The van der Waals surface area contributed by atoms with Crippen molar-refractivity contribution in [3.05, 3.63) is 23.8 Å². The highest BCUT2D eigenvalue weighted by molar-refractivity contribution is 5.34. The summed E-state index contributed by atoms with van der Waals surface area (Å²) in [7, 11) is 0. The van der Waals surface area contributed by atoms with E-state index in [0.717, 1.165) is 6.42 Å². The molecule has 1 aromatic heterocycles. The zero-order valence-corrected chi connectivity index (χ0v) is 8.76. The Hall–Kier alpha value is -0.920. The Labute approximate surface area is 79.4 Å². The van der Waals surface area contributed by atoms with Gasteiger partial charge in [-0.1, -0.05) is 27.7 Å². The number of fused-ring (bicyclic) bond motifs is 1. The Bertz CT molecular complexity index is 307. The number of nitrogens with zero attached hydrogens (tertiary/aromatic N) is 2. The molecule has 2 nitrogen and oxygen atoms in total. The topological polar surface area (TPSA) is 25.8 Å². The first-order valence-corrected chi connectivity index (χ1v) is 4.75. The fourth-order valence-electron chi connectivity index (χ4n) is 2.60. The van der Waals surface area contributed by atoms with Gasteiger partial charge >= 0.3 is 0 Å². The molecule has 0 bridgehead atoms. The summed E-state index contributed by atoms with van der Waals surface area (Å²) in [6.07, 6.45) is 4.73. The normalized spacial score (nSPS) is 22.8. The zero-order chi connectivity index (χ0) is 9.69. The summed E-state index contributed by atoms with van der Waals surface area (Å²) in [5.41, 5.74) is 2.74. The third-order valence-corrected chi connectivity index (χ3v) is 2.86. The van der Waals surface area contributed by atoms with E-state index in [4.69, 9.17) is 0 Å². The summed E-state index contributed by atoms with van der Waals surface area (Å²) in [5, 5.41) is 0. The maximum absolute atomic E-state index is 4.45. The maximum Gasteiger partial charge on any atom is 0.0680 e. The highest BCUT2D eigenvalue weighted by Gasteiger charge is 2.44. The van der Waals surface area contributed by atoms with Gasteiger partial charge < -0.3 is 0 Å². The molecular formula is C11H16N2. The summed E-state index contributed by atoms with van der Waals surface area (Å²) in [6.45, 7) is 8.98. The number of aromatic nitrogens is 2. The Balaban J connectivity index is 2.64. The van der Waals surface area contributed by atoms with E-state index in [9.17, 15) is 0 Å². The van der Waals surface area contributed by atoms with E-state index in [1.165, 1.54) is 11.4 Å². The minimum Gasteiger partial charge on any atom is -0.257 e. The predicted molar refractivity (Wildman–Crippen MR) is 52.7 cm³/mol. The molecule has 1 aromatic rings. The second-order valence-corrected chi connectivity index (χ2v) is 5.20. The minimum absolute atomic E-state index is 0.188. The molecule has 0 N–H and O–H groups in total. The monoisotopic (exact) mass is 176 g/mol. The third-order valence-electron chi connectivity index (χ3n) is 2.86. The molecular weight excluding hydrogens is 160 g/mol. The molecule has 0 unspecified atom stereocenters. The van der Waals surface area contributed by atoms with Crippen LogP contribution in [-0.2, 0) is 10.8 Å². The predicted octanol–water partition coefficient (Wildman–Crippen LogP) is 2.44. The molecule has 70 valence electrons. The maximum atomic E-state index is 4.45. The average molecular weight is 176 g/mol. The van der Waals surface area contributed by atoms with Gasteiger partial charge in [-0.25, -0.2) is 0 Å². The molecule has 2 rings (SSSR count). The fraction of sp³-hybridized carbons (Fsp3) is 0.636. The van der Waals surface area contributed by atoms with E-state index >= 15 is 0 Å². The quantitative estimate of drug-likeness (QED) is 0.606. The van der Waals surface area contributed by atoms with Gasteiger partial charge in [-0.3, -0.25) is 9.97 Å². The standard InChI is InChI=1S/C11H16N2/c1-10(2)7-11(3,4)9-8(10)12-5-6-13-9/h5-6H,7H2,1-4H3. The van der Waals surface area contributed by atoms with Crippen molar-refractivity contribution in [1.82, 2.24) is 9.97 Å². The van der Waals surface area contributed by atoms with Gasteiger partial charge in [-0.05, 0) is 6.42 Å². The Morgan fingerprint density at radius 2 is 1.31 bits per heavy atom. The Kier molecular flexibility index (Phi) is 1.54. The summed E-state index contributed by atoms with van der Waals surface area (Å²) in [6, 6.07) is 0. The van der Waals surface area contributed by atoms with Crippen LogP contribution < -0.4 is 0 Å². The van der Waals surface area contributed by atoms with E-state index in [1.807, 2.05) is 0 Å². The Morgan fingerprint density at radius 1 is 0.923 bits per heavy atom. The minimum atomic E-state index is 0.188. The third kappa shape index (κ3) is 1.16. The number of hydrogen-bond acceptors (Lipinski definition) is 2. The molecule has 0 saturated carbocycles. The van der Waals surface area contributed by atoms with Crippen molar-refractivity contribution in [2.24, 2.45) is 0 Å². The smallest absolute Gasteiger partial charge is 0.0680 e. The van der Waals surface area contributed by atoms with Crippen molar-refractivity contribution in [1.29, 1.82) is 0 Å². The molecule has 0 aliphatic heterocycles. The largest absolute Gasteiger partial charge is 0.257 e. The molecule has 1 heterocycles. The first-order chi connectivity index (χ1) is 5.93. The molecule has 0 saturated heterocycles. The molecule has 0 amide bonds. The van der Waals surface area contributed by atoms with E-state index in [1.54, 1.807) is 12.4 Å². The van der Waals surface area contributed by atoms with Crippen LogP contribution in [0.2, 0.25) is 0 Å².